The molecule has 1 nitrogen and oxygen atoms in total. The standard InChI is InChI=1S/C7H14O/c1-4-5-7(8)6(2)3/h4,6-8H,1,5H2,2-3H3/t7-/m0/s1. The minimum absolute atomic E-state index is 0.201. The molecule has 0 rings (SSSR count). The molecule has 0 saturated carbocycles. The van der Waals surface area contributed by atoms with Crippen LogP contribution in [0.3, 0.4) is 0 Å². The fourth-order valence-corrected chi connectivity index (χ4v) is 0.443. The zero-order valence-electron chi connectivity index (χ0n) is 5.59. The lowest BCUT2D eigenvalue weighted by Gasteiger charge is -2.10. The van der Waals surface area contributed by atoms with Gasteiger partial charge in [-0.05, 0) is 12.3 Å². The van der Waals surface area contributed by atoms with Gasteiger partial charge in [0.15, 0.2) is 0 Å². The highest BCUT2D eigenvalue weighted by molar-refractivity contribution is 4.73. The van der Waals surface area contributed by atoms with Crippen LogP contribution in [-0.2, 0) is 0 Å². The van der Waals surface area contributed by atoms with Gasteiger partial charge in [0.1, 0.15) is 0 Å². The summed E-state index contributed by atoms with van der Waals surface area (Å²) in [5, 5.41) is 9.06. The van der Waals surface area contributed by atoms with Crippen LogP contribution in [0.4, 0.5) is 0 Å². The minimum Gasteiger partial charge on any atom is -0.393 e. The lowest BCUT2D eigenvalue weighted by atomic mass is 10.1. The molecule has 0 aromatic heterocycles. The van der Waals surface area contributed by atoms with Crippen LogP contribution in [0.1, 0.15) is 20.3 Å². The summed E-state index contributed by atoms with van der Waals surface area (Å²) < 4.78 is 0. The Morgan fingerprint density at radius 3 is 2.25 bits per heavy atom. The summed E-state index contributed by atoms with van der Waals surface area (Å²) in [6.45, 7) is 7.51. The van der Waals surface area contributed by atoms with Gasteiger partial charge in [0, 0.05) is 0 Å². The predicted octanol–water partition coefficient (Wildman–Crippen LogP) is 1.58. The number of aliphatic hydroxyl groups excluding tert-OH is 1. The Kier molecular flexibility index (Phi) is 3.53. The van der Waals surface area contributed by atoms with Gasteiger partial charge in [0.25, 0.3) is 0 Å². The van der Waals surface area contributed by atoms with Crippen molar-refractivity contribution in [3.8, 4) is 0 Å². The molecular formula is C7H14O. The van der Waals surface area contributed by atoms with E-state index in [1.165, 1.54) is 0 Å². The smallest absolute Gasteiger partial charge is 0.0597 e. The van der Waals surface area contributed by atoms with Gasteiger partial charge in [-0.15, -0.1) is 6.58 Å². The van der Waals surface area contributed by atoms with E-state index >= 15 is 0 Å². The molecule has 0 fully saturated rings. The zero-order valence-corrected chi connectivity index (χ0v) is 5.59. The first kappa shape index (κ1) is 7.70. The molecule has 0 spiro atoms. The van der Waals surface area contributed by atoms with E-state index in [1.807, 2.05) is 13.8 Å². The summed E-state index contributed by atoms with van der Waals surface area (Å²) in [5.41, 5.74) is 0. The molecule has 0 heterocycles. The highest BCUT2D eigenvalue weighted by Crippen LogP contribution is 2.04. The first-order valence-electron chi connectivity index (χ1n) is 2.97. The molecule has 0 aliphatic carbocycles. The Bertz CT molecular complexity index is 66.8. The van der Waals surface area contributed by atoms with Gasteiger partial charge < -0.3 is 5.11 Å². The summed E-state index contributed by atoms with van der Waals surface area (Å²) >= 11 is 0. The van der Waals surface area contributed by atoms with Crippen LogP contribution in [0.5, 0.6) is 0 Å². The molecule has 0 bridgehead atoms. The summed E-state index contributed by atoms with van der Waals surface area (Å²) in [4.78, 5) is 0. The Morgan fingerprint density at radius 2 is 2.12 bits per heavy atom. The van der Waals surface area contributed by atoms with E-state index in [0.29, 0.717) is 12.3 Å². The summed E-state index contributed by atoms with van der Waals surface area (Å²) in [6.07, 6.45) is 2.25. The molecule has 0 aliphatic rings. The van der Waals surface area contributed by atoms with E-state index in [-0.39, 0.29) is 6.10 Å². The zero-order chi connectivity index (χ0) is 6.57. The van der Waals surface area contributed by atoms with E-state index in [9.17, 15) is 0 Å². The van der Waals surface area contributed by atoms with Crippen molar-refractivity contribution in [1.29, 1.82) is 0 Å². The largest absolute Gasteiger partial charge is 0.393 e. The monoisotopic (exact) mass is 114 g/mol. The fourth-order valence-electron chi connectivity index (χ4n) is 0.443. The van der Waals surface area contributed by atoms with Crippen molar-refractivity contribution in [1.82, 2.24) is 0 Å². The maximum atomic E-state index is 9.06. The molecule has 0 aromatic carbocycles. The van der Waals surface area contributed by atoms with Crippen LogP contribution >= 0.6 is 0 Å². The SMILES string of the molecule is C=CC[C@H](O)C(C)C. The molecule has 48 valence electrons. The van der Waals surface area contributed by atoms with Crippen molar-refractivity contribution in [2.75, 3.05) is 0 Å². The van der Waals surface area contributed by atoms with Crippen molar-refractivity contribution in [2.45, 2.75) is 26.4 Å². The average Bonchev–Trinajstić information content (AvgIpc) is 1.67. The highest BCUT2D eigenvalue weighted by atomic mass is 16.3. The van der Waals surface area contributed by atoms with Gasteiger partial charge in [-0.3, -0.25) is 0 Å². The Labute approximate surface area is 51.0 Å². The molecule has 0 radical (unpaired) electrons. The van der Waals surface area contributed by atoms with Gasteiger partial charge in [0.2, 0.25) is 0 Å². The van der Waals surface area contributed by atoms with Crippen LogP contribution in [0, 0.1) is 5.92 Å². The van der Waals surface area contributed by atoms with Gasteiger partial charge in [-0.2, -0.15) is 0 Å². The molecule has 0 amide bonds. The number of hydrogen-bond acceptors (Lipinski definition) is 1. The maximum absolute atomic E-state index is 9.06. The third-order valence-corrected chi connectivity index (χ3v) is 1.18. The second-order valence-electron chi connectivity index (χ2n) is 2.34. The second kappa shape index (κ2) is 3.67. The highest BCUT2D eigenvalue weighted by Gasteiger charge is 2.04. The number of rotatable bonds is 3. The van der Waals surface area contributed by atoms with E-state index in [4.69, 9.17) is 5.11 Å². The predicted molar refractivity (Wildman–Crippen MR) is 35.7 cm³/mol. The van der Waals surface area contributed by atoms with Crippen molar-refractivity contribution in [3.05, 3.63) is 12.7 Å². The maximum Gasteiger partial charge on any atom is 0.0597 e. The van der Waals surface area contributed by atoms with Crippen LogP contribution in [0.2, 0.25) is 0 Å². The van der Waals surface area contributed by atoms with E-state index in [0.717, 1.165) is 0 Å². The lowest BCUT2D eigenvalue weighted by Crippen LogP contribution is -2.12. The molecule has 1 atom stereocenters. The molecule has 1 N–H and O–H groups in total. The Balaban J connectivity index is 3.30. The van der Waals surface area contributed by atoms with E-state index in [1.54, 1.807) is 6.08 Å². The van der Waals surface area contributed by atoms with Gasteiger partial charge >= 0.3 is 0 Å². The van der Waals surface area contributed by atoms with Gasteiger partial charge in [-0.1, -0.05) is 19.9 Å². The lowest BCUT2D eigenvalue weighted by molar-refractivity contribution is 0.128. The van der Waals surface area contributed by atoms with Crippen LogP contribution < -0.4 is 0 Å². The molecule has 0 unspecified atom stereocenters. The average molecular weight is 114 g/mol. The Hall–Kier alpha value is -0.300. The van der Waals surface area contributed by atoms with Crippen molar-refractivity contribution < 1.29 is 5.11 Å². The van der Waals surface area contributed by atoms with Crippen LogP contribution in [-0.4, -0.2) is 11.2 Å². The Morgan fingerprint density at radius 1 is 1.62 bits per heavy atom. The molecule has 0 aliphatic heterocycles. The summed E-state index contributed by atoms with van der Waals surface area (Å²) in [6, 6.07) is 0. The molecule has 8 heavy (non-hydrogen) atoms. The molecule has 1 heteroatoms. The van der Waals surface area contributed by atoms with Crippen LogP contribution in [0.15, 0.2) is 12.7 Å². The first-order chi connectivity index (χ1) is 3.68. The quantitative estimate of drug-likeness (QED) is 0.552. The molecular weight excluding hydrogens is 100 g/mol. The summed E-state index contributed by atoms with van der Waals surface area (Å²) in [5.74, 6) is 0.355. The van der Waals surface area contributed by atoms with Gasteiger partial charge in [-0.25, -0.2) is 0 Å². The van der Waals surface area contributed by atoms with Crippen molar-refractivity contribution in [2.24, 2.45) is 5.92 Å². The number of aliphatic hydroxyl groups is 1. The van der Waals surface area contributed by atoms with Crippen molar-refractivity contribution in [3.63, 3.8) is 0 Å². The normalized spacial score (nSPS) is 14.0. The topological polar surface area (TPSA) is 20.2 Å². The van der Waals surface area contributed by atoms with Gasteiger partial charge in [0.05, 0.1) is 6.10 Å². The third-order valence-electron chi connectivity index (χ3n) is 1.18. The second-order valence-corrected chi connectivity index (χ2v) is 2.34. The van der Waals surface area contributed by atoms with E-state index < -0.39 is 0 Å². The van der Waals surface area contributed by atoms with Crippen molar-refractivity contribution >= 4 is 0 Å². The molecule has 0 aromatic rings. The minimum atomic E-state index is -0.201. The molecule has 0 saturated heterocycles. The third kappa shape index (κ3) is 2.80. The fraction of sp³-hybridized carbons (Fsp3) is 0.714. The van der Waals surface area contributed by atoms with Crippen LogP contribution in [0.25, 0.3) is 0 Å². The first-order valence-corrected chi connectivity index (χ1v) is 2.97. The van der Waals surface area contributed by atoms with E-state index in [2.05, 4.69) is 6.58 Å². The number of hydrogen-bond donors (Lipinski definition) is 1. The summed E-state index contributed by atoms with van der Waals surface area (Å²) in [7, 11) is 0.